The summed E-state index contributed by atoms with van der Waals surface area (Å²) in [6, 6.07) is 8.04. The van der Waals surface area contributed by atoms with Gasteiger partial charge in [-0.25, -0.2) is 17.2 Å². The molecule has 0 saturated carbocycles. The van der Waals surface area contributed by atoms with Crippen molar-refractivity contribution in [3.8, 4) is 6.07 Å². The first-order chi connectivity index (χ1) is 15.2. The highest BCUT2D eigenvalue weighted by atomic mass is 32.2. The zero-order valence-corrected chi connectivity index (χ0v) is 19.0. The van der Waals surface area contributed by atoms with E-state index in [2.05, 4.69) is 6.07 Å². The third kappa shape index (κ3) is 3.83. The Balaban J connectivity index is 1.94. The maximum Gasteiger partial charge on any atom is 0.175 e. The molecule has 0 aliphatic heterocycles. The second kappa shape index (κ2) is 8.54. The van der Waals surface area contributed by atoms with Gasteiger partial charge in [0.25, 0.3) is 0 Å². The molecule has 8 heteroatoms. The Labute approximate surface area is 186 Å². The highest BCUT2D eigenvalue weighted by Gasteiger charge is 2.41. The van der Waals surface area contributed by atoms with E-state index in [1.165, 1.54) is 25.3 Å². The molecule has 0 heterocycles. The summed E-state index contributed by atoms with van der Waals surface area (Å²) in [6.45, 7) is 1.83. The van der Waals surface area contributed by atoms with Crippen LogP contribution in [0.25, 0.3) is 0 Å². The minimum absolute atomic E-state index is 0.00682. The van der Waals surface area contributed by atoms with Crippen molar-refractivity contribution in [1.29, 1.82) is 5.26 Å². The fourth-order valence-electron chi connectivity index (χ4n) is 5.22. The van der Waals surface area contributed by atoms with Gasteiger partial charge in [0.1, 0.15) is 24.9 Å². The summed E-state index contributed by atoms with van der Waals surface area (Å²) >= 11 is 0. The largest absolute Gasteiger partial charge is 0.359 e. The highest BCUT2D eigenvalue weighted by molar-refractivity contribution is 7.90. The van der Waals surface area contributed by atoms with Crippen LogP contribution in [0.3, 0.4) is 0 Å². The number of methoxy groups -OCH3 is 1. The Morgan fingerprint density at radius 3 is 2.59 bits per heavy atom. The lowest BCUT2D eigenvalue weighted by Gasteiger charge is -2.32. The van der Waals surface area contributed by atoms with Crippen LogP contribution in [-0.4, -0.2) is 34.7 Å². The van der Waals surface area contributed by atoms with Crippen molar-refractivity contribution < 1.29 is 26.7 Å². The summed E-state index contributed by atoms with van der Waals surface area (Å²) in [5.41, 5.74) is 3.49. The smallest absolute Gasteiger partial charge is 0.175 e. The minimum atomic E-state index is -3.63. The SMILES string of the molecule is COCO[C@H]1c2c(S(C)(=O)=O)ccc([C@H]3CC[C@@H](C)c4cc(F)cc(C#N)c43)c2C[C@H]1F. The molecule has 2 aromatic carbocycles. The van der Waals surface area contributed by atoms with Gasteiger partial charge in [0.2, 0.25) is 0 Å². The number of halogens is 2. The molecule has 0 fully saturated rings. The standard InChI is InChI=1S/C24H25F2NO4S/c1-13-4-5-17(22-14(11-27)8-15(25)9-18(13)22)16-6-7-21(32(3,28)29)23-19(16)10-20(26)24(23)31-12-30-2/h6-9,13,17,20,24H,4-5,10,12H2,1-3H3/t13-,17-,20-,24-/m1/s1. The van der Waals surface area contributed by atoms with E-state index >= 15 is 4.39 Å². The van der Waals surface area contributed by atoms with Crippen molar-refractivity contribution in [2.75, 3.05) is 20.2 Å². The van der Waals surface area contributed by atoms with Crippen molar-refractivity contribution in [2.45, 2.75) is 55.2 Å². The number of nitrogens with zero attached hydrogens (tertiary/aromatic N) is 1. The Morgan fingerprint density at radius 1 is 1.19 bits per heavy atom. The number of fused-ring (bicyclic) bond motifs is 2. The Bertz CT molecular complexity index is 1210. The van der Waals surface area contributed by atoms with Crippen LogP contribution in [-0.2, 0) is 25.7 Å². The second-order valence-corrected chi connectivity index (χ2v) is 10.6. The van der Waals surface area contributed by atoms with Gasteiger partial charge in [-0.3, -0.25) is 0 Å². The number of hydrogen-bond acceptors (Lipinski definition) is 5. The first-order valence-corrected chi connectivity index (χ1v) is 12.4. The van der Waals surface area contributed by atoms with Crippen LogP contribution in [0.1, 0.15) is 71.1 Å². The Morgan fingerprint density at radius 2 is 1.94 bits per heavy atom. The molecule has 0 unspecified atom stereocenters. The molecule has 170 valence electrons. The number of alkyl halides is 1. The first kappa shape index (κ1) is 22.8. The Hall–Kier alpha value is -2.34. The predicted molar refractivity (Wildman–Crippen MR) is 114 cm³/mol. The number of ether oxygens (including phenoxy) is 2. The summed E-state index contributed by atoms with van der Waals surface area (Å²) in [6.07, 6.45) is 0.0897. The molecule has 0 aromatic heterocycles. The van der Waals surface area contributed by atoms with Gasteiger partial charge in [-0.15, -0.1) is 0 Å². The number of rotatable bonds is 5. The average Bonchev–Trinajstić information content (AvgIpc) is 3.06. The number of benzene rings is 2. The van der Waals surface area contributed by atoms with Gasteiger partial charge in [0.15, 0.2) is 9.84 Å². The summed E-state index contributed by atoms with van der Waals surface area (Å²) in [5.74, 6) is -0.631. The molecule has 32 heavy (non-hydrogen) atoms. The van der Waals surface area contributed by atoms with Crippen molar-refractivity contribution in [2.24, 2.45) is 0 Å². The Kier molecular flexibility index (Phi) is 6.10. The fourth-order valence-corrected chi connectivity index (χ4v) is 6.17. The van der Waals surface area contributed by atoms with E-state index in [9.17, 15) is 18.1 Å². The molecule has 0 bridgehead atoms. The lowest BCUT2D eigenvalue weighted by Crippen LogP contribution is -2.18. The maximum atomic E-state index is 15.1. The van der Waals surface area contributed by atoms with Gasteiger partial charge < -0.3 is 9.47 Å². The minimum Gasteiger partial charge on any atom is -0.359 e. The van der Waals surface area contributed by atoms with Crippen molar-refractivity contribution in [1.82, 2.24) is 0 Å². The second-order valence-electron chi connectivity index (χ2n) is 8.63. The van der Waals surface area contributed by atoms with Crippen LogP contribution in [0.15, 0.2) is 29.2 Å². The zero-order chi connectivity index (χ0) is 23.2. The van der Waals surface area contributed by atoms with E-state index in [0.717, 1.165) is 29.4 Å². The molecule has 4 rings (SSSR count). The van der Waals surface area contributed by atoms with Gasteiger partial charge in [-0.2, -0.15) is 5.26 Å². The molecule has 2 aliphatic rings. The third-order valence-corrected chi connectivity index (χ3v) is 7.73. The molecular weight excluding hydrogens is 436 g/mol. The van der Waals surface area contributed by atoms with E-state index in [4.69, 9.17) is 9.47 Å². The van der Waals surface area contributed by atoms with Crippen LogP contribution < -0.4 is 0 Å². The fraction of sp³-hybridized carbons (Fsp3) is 0.458. The number of sulfone groups is 1. The number of hydrogen-bond donors (Lipinski definition) is 0. The molecule has 4 atom stereocenters. The van der Waals surface area contributed by atoms with Gasteiger partial charge in [0, 0.05) is 31.3 Å². The predicted octanol–water partition coefficient (Wildman–Crippen LogP) is 4.69. The van der Waals surface area contributed by atoms with Gasteiger partial charge >= 0.3 is 0 Å². The van der Waals surface area contributed by atoms with E-state index in [-0.39, 0.29) is 35.5 Å². The average molecular weight is 462 g/mol. The topological polar surface area (TPSA) is 76.4 Å². The molecule has 0 spiro atoms. The molecule has 5 nitrogen and oxygen atoms in total. The molecule has 0 amide bonds. The van der Waals surface area contributed by atoms with Crippen LogP contribution in [0.5, 0.6) is 0 Å². The molecule has 0 saturated heterocycles. The number of nitriles is 1. The zero-order valence-electron chi connectivity index (χ0n) is 18.2. The van der Waals surface area contributed by atoms with Crippen LogP contribution in [0.4, 0.5) is 8.78 Å². The molecule has 2 aliphatic carbocycles. The van der Waals surface area contributed by atoms with Crippen LogP contribution in [0, 0.1) is 17.1 Å². The molecule has 2 aromatic rings. The summed E-state index contributed by atoms with van der Waals surface area (Å²) in [7, 11) is -2.22. The highest BCUT2D eigenvalue weighted by Crippen LogP contribution is 2.49. The lowest BCUT2D eigenvalue weighted by molar-refractivity contribution is -0.0939. The van der Waals surface area contributed by atoms with E-state index in [0.29, 0.717) is 17.5 Å². The van der Waals surface area contributed by atoms with E-state index in [1.807, 2.05) is 6.92 Å². The summed E-state index contributed by atoms with van der Waals surface area (Å²) in [5, 5.41) is 9.70. The van der Waals surface area contributed by atoms with Crippen molar-refractivity contribution >= 4 is 9.84 Å². The van der Waals surface area contributed by atoms with Crippen LogP contribution in [0.2, 0.25) is 0 Å². The van der Waals surface area contributed by atoms with E-state index < -0.39 is 27.9 Å². The van der Waals surface area contributed by atoms with Gasteiger partial charge in [-0.05, 0) is 59.2 Å². The van der Waals surface area contributed by atoms with Crippen molar-refractivity contribution in [3.63, 3.8) is 0 Å². The summed E-state index contributed by atoms with van der Waals surface area (Å²) in [4.78, 5) is 0.0431. The molecule has 0 N–H and O–H groups in total. The maximum absolute atomic E-state index is 15.1. The lowest BCUT2D eigenvalue weighted by atomic mass is 9.71. The van der Waals surface area contributed by atoms with Gasteiger partial charge in [0.05, 0.1) is 16.5 Å². The van der Waals surface area contributed by atoms with Gasteiger partial charge in [-0.1, -0.05) is 13.0 Å². The molecule has 0 radical (unpaired) electrons. The van der Waals surface area contributed by atoms with Crippen LogP contribution >= 0.6 is 0 Å². The summed E-state index contributed by atoms with van der Waals surface area (Å²) < 4.78 is 64.7. The molecular formula is C24H25F2NO4S. The quantitative estimate of drug-likeness (QED) is 0.604. The van der Waals surface area contributed by atoms with Crippen molar-refractivity contribution in [3.05, 3.63) is 63.5 Å². The normalized spacial score (nSPS) is 24.6. The first-order valence-electron chi connectivity index (χ1n) is 10.5. The monoisotopic (exact) mass is 461 g/mol. The van der Waals surface area contributed by atoms with E-state index in [1.54, 1.807) is 6.07 Å². The third-order valence-electron chi connectivity index (χ3n) is 6.57.